The average molecular weight is 496 g/mol. The average Bonchev–Trinajstić information content (AvgIpc) is 2.87. The molecule has 0 atom stereocenters. The van der Waals surface area contributed by atoms with Gasteiger partial charge < -0.3 is 19.7 Å². The number of halogens is 1. The third-order valence-electron chi connectivity index (χ3n) is 5.08. The monoisotopic (exact) mass is 495 g/mol. The number of carbonyl (C=O) groups is 2. The van der Waals surface area contributed by atoms with Crippen molar-refractivity contribution in [3.8, 4) is 17.2 Å². The molecule has 0 radical (unpaired) electrons. The largest absolute Gasteiger partial charge is 0.488 e. The van der Waals surface area contributed by atoms with E-state index in [0.29, 0.717) is 35.3 Å². The van der Waals surface area contributed by atoms with E-state index in [-0.39, 0.29) is 0 Å². The molecule has 0 fully saturated rings. The molecule has 0 saturated heterocycles. The molecular formula is C27H26ClNO6. The molecule has 3 aromatic rings. The molecule has 4 rings (SSSR count). The van der Waals surface area contributed by atoms with Gasteiger partial charge in [-0.25, -0.2) is 9.59 Å². The minimum Gasteiger partial charge on any atom is -0.488 e. The van der Waals surface area contributed by atoms with Crippen LogP contribution in [0.2, 0.25) is 5.02 Å². The molecule has 0 saturated carbocycles. The van der Waals surface area contributed by atoms with E-state index in [2.05, 4.69) is 41.3 Å². The number of benzene rings is 3. The molecule has 1 aliphatic heterocycles. The van der Waals surface area contributed by atoms with Crippen molar-refractivity contribution in [3.05, 3.63) is 101 Å². The summed E-state index contributed by atoms with van der Waals surface area (Å²) in [6.45, 7) is 3.26. The Kier molecular flexibility index (Phi) is 9.71. The van der Waals surface area contributed by atoms with Crippen molar-refractivity contribution in [1.82, 2.24) is 4.90 Å². The minimum absolute atomic E-state index is 0.558. The number of carboxylic acids is 2. The topological polar surface area (TPSA) is 96.3 Å². The van der Waals surface area contributed by atoms with Crippen molar-refractivity contribution in [2.45, 2.75) is 13.0 Å². The maximum Gasteiger partial charge on any atom is 0.328 e. The van der Waals surface area contributed by atoms with Crippen LogP contribution in [0.5, 0.6) is 17.2 Å². The fraction of sp³-hybridized carbons (Fsp3) is 0.185. The van der Waals surface area contributed by atoms with Gasteiger partial charge in [0, 0.05) is 42.9 Å². The highest BCUT2D eigenvalue weighted by Crippen LogP contribution is 2.35. The summed E-state index contributed by atoms with van der Waals surface area (Å²) in [7, 11) is 0. The molecular weight excluding hydrogens is 470 g/mol. The number of nitrogens with zero attached hydrogens (tertiary/aromatic N) is 1. The molecule has 0 amide bonds. The zero-order chi connectivity index (χ0) is 25.0. The summed E-state index contributed by atoms with van der Waals surface area (Å²) < 4.78 is 12.2. The lowest BCUT2D eigenvalue weighted by molar-refractivity contribution is -0.134. The lowest BCUT2D eigenvalue weighted by atomic mass is 10.1. The van der Waals surface area contributed by atoms with Gasteiger partial charge in [-0.1, -0.05) is 60.1 Å². The van der Waals surface area contributed by atoms with E-state index in [0.717, 1.165) is 31.8 Å². The lowest BCUT2D eigenvalue weighted by Crippen LogP contribution is -2.30. The summed E-state index contributed by atoms with van der Waals surface area (Å²) in [4.78, 5) is 21.5. The van der Waals surface area contributed by atoms with E-state index in [1.165, 1.54) is 11.1 Å². The summed E-state index contributed by atoms with van der Waals surface area (Å²) in [5.74, 6) is -0.270. The Labute approximate surface area is 208 Å². The van der Waals surface area contributed by atoms with Crippen LogP contribution in [0, 0.1) is 0 Å². The highest BCUT2D eigenvalue weighted by molar-refractivity contribution is 6.30. The summed E-state index contributed by atoms with van der Waals surface area (Å²) in [6, 6.07) is 24.3. The van der Waals surface area contributed by atoms with Gasteiger partial charge in [0.15, 0.2) is 11.5 Å². The molecule has 1 heterocycles. The Morgan fingerprint density at radius 3 is 2.26 bits per heavy atom. The Balaban J connectivity index is 0.000000371. The predicted octanol–water partition coefficient (Wildman–Crippen LogP) is 5.28. The third-order valence-corrected chi connectivity index (χ3v) is 5.31. The molecule has 182 valence electrons. The summed E-state index contributed by atoms with van der Waals surface area (Å²) in [6.07, 6.45) is 2.04. The Morgan fingerprint density at radius 2 is 1.54 bits per heavy atom. The molecule has 8 heteroatoms. The number of ether oxygens (including phenoxy) is 2. The number of hydrogen-bond donors (Lipinski definition) is 2. The van der Waals surface area contributed by atoms with Crippen LogP contribution < -0.4 is 9.47 Å². The van der Waals surface area contributed by atoms with Gasteiger partial charge in [0.05, 0.1) is 0 Å². The second-order valence-electron chi connectivity index (χ2n) is 7.67. The van der Waals surface area contributed by atoms with E-state index in [1.54, 1.807) is 0 Å². The van der Waals surface area contributed by atoms with Gasteiger partial charge in [0.1, 0.15) is 12.4 Å². The highest BCUT2D eigenvalue weighted by Gasteiger charge is 2.15. The van der Waals surface area contributed by atoms with E-state index in [4.69, 9.17) is 31.3 Å². The lowest BCUT2D eigenvalue weighted by Gasteiger charge is -2.22. The third kappa shape index (κ3) is 8.81. The summed E-state index contributed by atoms with van der Waals surface area (Å²) in [5, 5.41) is 16.3. The Hall–Kier alpha value is -3.81. The first kappa shape index (κ1) is 25.8. The van der Waals surface area contributed by atoms with E-state index in [1.807, 2.05) is 36.4 Å². The van der Waals surface area contributed by atoms with E-state index >= 15 is 0 Å². The van der Waals surface area contributed by atoms with Gasteiger partial charge in [0.2, 0.25) is 0 Å². The fourth-order valence-corrected chi connectivity index (χ4v) is 3.59. The van der Waals surface area contributed by atoms with Crippen LogP contribution in [0.1, 0.15) is 11.1 Å². The second-order valence-corrected chi connectivity index (χ2v) is 8.11. The highest BCUT2D eigenvalue weighted by atomic mass is 35.5. The van der Waals surface area contributed by atoms with Crippen molar-refractivity contribution in [3.63, 3.8) is 0 Å². The number of fused-ring (bicyclic) bond motifs is 2. The molecule has 0 aliphatic carbocycles. The maximum atomic E-state index is 9.55. The molecule has 1 aliphatic rings. The predicted molar refractivity (Wildman–Crippen MR) is 133 cm³/mol. The van der Waals surface area contributed by atoms with Crippen molar-refractivity contribution in [2.24, 2.45) is 0 Å². The zero-order valence-corrected chi connectivity index (χ0v) is 19.7. The molecule has 0 spiro atoms. The summed E-state index contributed by atoms with van der Waals surface area (Å²) in [5.41, 5.74) is 2.50. The van der Waals surface area contributed by atoms with Crippen molar-refractivity contribution < 1.29 is 29.3 Å². The van der Waals surface area contributed by atoms with Crippen molar-refractivity contribution in [1.29, 1.82) is 0 Å². The van der Waals surface area contributed by atoms with Crippen LogP contribution >= 0.6 is 11.6 Å². The van der Waals surface area contributed by atoms with E-state index in [9.17, 15) is 9.59 Å². The fourth-order valence-electron chi connectivity index (χ4n) is 3.42. The standard InChI is InChI=1S/C23H22ClNO2.C4H4O4/c24-20-10-11-22-23(16-20)26-15-14-25(17-18-6-2-1-3-7-18)13-12-19-8-4-5-9-21(19)27-22;5-3(6)1-2-4(7)8/h1-11,16H,12-15,17H2;1-2H,(H,5,6)(H,7,8). The van der Waals surface area contributed by atoms with Crippen molar-refractivity contribution in [2.75, 3.05) is 19.7 Å². The number of hydrogen-bond acceptors (Lipinski definition) is 5. The summed E-state index contributed by atoms with van der Waals surface area (Å²) >= 11 is 6.17. The Bertz CT molecular complexity index is 1150. The zero-order valence-electron chi connectivity index (χ0n) is 19.0. The number of para-hydroxylation sites is 1. The SMILES string of the molecule is Clc1ccc2c(c1)OCCN(Cc1ccccc1)CCc1ccccc1O2.O=C(O)C=CC(=O)O. The van der Waals surface area contributed by atoms with Crippen LogP contribution in [-0.2, 0) is 22.6 Å². The van der Waals surface area contributed by atoms with E-state index < -0.39 is 11.9 Å². The normalized spacial score (nSPS) is 13.6. The first-order chi connectivity index (χ1) is 16.9. The van der Waals surface area contributed by atoms with Gasteiger partial charge >= 0.3 is 11.9 Å². The molecule has 35 heavy (non-hydrogen) atoms. The molecule has 2 N–H and O–H groups in total. The molecule has 0 bridgehead atoms. The Morgan fingerprint density at radius 1 is 0.857 bits per heavy atom. The smallest absolute Gasteiger partial charge is 0.328 e. The van der Waals surface area contributed by atoms with Gasteiger partial charge in [-0.3, -0.25) is 4.90 Å². The van der Waals surface area contributed by atoms with Gasteiger partial charge in [-0.05, 0) is 35.7 Å². The first-order valence-electron chi connectivity index (χ1n) is 11.0. The van der Waals surface area contributed by atoms with Crippen LogP contribution in [0.3, 0.4) is 0 Å². The minimum atomic E-state index is -1.26. The number of rotatable bonds is 4. The van der Waals surface area contributed by atoms with Gasteiger partial charge in [-0.15, -0.1) is 0 Å². The van der Waals surface area contributed by atoms with Gasteiger partial charge in [0.25, 0.3) is 0 Å². The van der Waals surface area contributed by atoms with Crippen LogP contribution in [0.4, 0.5) is 0 Å². The molecule has 3 aromatic carbocycles. The van der Waals surface area contributed by atoms with Crippen LogP contribution in [-0.4, -0.2) is 46.7 Å². The number of carboxylic acid groups (broad SMARTS) is 2. The molecule has 0 unspecified atom stereocenters. The molecule has 7 nitrogen and oxygen atoms in total. The maximum absolute atomic E-state index is 9.55. The number of aliphatic carboxylic acids is 2. The van der Waals surface area contributed by atoms with Crippen LogP contribution in [0.15, 0.2) is 84.9 Å². The quantitative estimate of drug-likeness (QED) is 0.475. The first-order valence-corrected chi connectivity index (χ1v) is 11.4. The van der Waals surface area contributed by atoms with Crippen molar-refractivity contribution >= 4 is 23.5 Å². The molecule has 0 aromatic heterocycles. The van der Waals surface area contributed by atoms with Gasteiger partial charge in [-0.2, -0.15) is 0 Å². The van der Waals surface area contributed by atoms with Crippen LogP contribution in [0.25, 0.3) is 0 Å². The second kappa shape index (κ2) is 13.2.